The number of rotatable bonds is 8. The van der Waals surface area contributed by atoms with Crippen LogP contribution < -0.4 is 10.1 Å². The number of nitrogens with one attached hydrogen (secondary N) is 1. The second-order valence-corrected chi connectivity index (χ2v) is 6.12. The molecule has 2 heterocycles. The number of carbonyl (C=O) groups is 1. The standard InChI is InChI=1S/C20H23N3O3/c1-15-4-9-19-22-17(13-23(19)12-15)14-26-18-7-5-16(6-8-18)20(24)21-10-3-11-25-2/h4-9,12-13H,3,10-11,14H2,1-2H3,(H,21,24). The van der Waals surface area contributed by atoms with Gasteiger partial charge < -0.3 is 19.2 Å². The van der Waals surface area contributed by atoms with Gasteiger partial charge in [0.15, 0.2) is 0 Å². The van der Waals surface area contributed by atoms with Crippen LogP contribution in [-0.4, -0.2) is 35.6 Å². The minimum atomic E-state index is -0.0941. The number of imidazole rings is 1. The Bertz CT molecular complexity index is 872. The van der Waals surface area contributed by atoms with Crippen LogP contribution in [0.4, 0.5) is 0 Å². The van der Waals surface area contributed by atoms with Gasteiger partial charge in [-0.15, -0.1) is 0 Å². The number of nitrogens with zero attached hydrogens (tertiary/aromatic N) is 2. The monoisotopic (exact) mass is 353 g/mol. The van der Waals surface area contributed by atoms with E-state index in [0.29, 0.717) is 31.1 Å². The molecule has 136 valence electrons. The number of aromatic nitrogens is 2. The van der Waals surface area contributed by atoms with E-state index in [4.69, 9.17) is 9.47 Å². The van der Waals surface area contributed by atoms with Crippen molar-refractivity contribution in [3.8, 4) is 5.75 Å². The van der Waals surface area contributed by atoms with Gasteiger partial charge in [-0.1, -0.05) is 6.07 Å². The normalized spacial score (nSPS) is 10.8. The van der Waals surface area contributed by atoms with Gasteiger partial charge in [-0.05, 0) is 49.2 Å². The molecular formula is C20H23N3O3. The van der Waals surface area contributed by atoms with Crippen LogP contribution in [0.3, 0.4) is 0 Å². The van der Waals surface area contributed by atoms with Crippen LogP contribution >= 0.6 is 0 Å². The molecule has 1 aromatic carbocycles. The minimum absolute atomic E-state index is 0.0941. The van der Waals surface area contributed by atoms with E-state index in [2.05, 4.69) is 10.3 Å². The molecular weight excluding hydrogens is 330 g/mol. The number of hydrogen-bond acceptors (Lipinski definition) is 4. The molecule has 0 aliphatic heterocycles. The Kier molecular flexibility index (Phi) is 5.86. The fourth-order valence-corrected chi connectivity index (χ4v) is 2.61. The molecule has 0 spiro atoms. The Hall–Kier alpha value is -2.86. The topological polar surface area (TPSA) is 64.9 Å². The average Bonchev–Trinajstić information content (AvgIpc) is 3.06. The summed E-state index contributed by atoms with van der Waals surface area (Å²) < 4.78 is 12.7. The van der Waals surface area contributed by atoms with Crippen molar-refractivity contribution < 1.29 is 14.3 Å². The van der Waals surface area contributed by atoms with E-state index in [9.17, 15) is 4.79 Å². The van der Waals surface area contributed by atoms with Gasteiger partial charge in [0.2, 0.25) is 0 Å². The van der Waals surface area contributed by atoms with E-state index < -0.39 is 0 Å². The Labute approximate surface area is 152 Å². The summed E-state index contributed by atoms with van der Waals surface area (Å²) in [6.45, 7) is 3.65. The predicted octanol–water partition coefficient (Wildman–Crippen LogP) is 2.99. The van der Waals surface area contributed by atoms with Crippen LogP contribution in [0.15, 0.2) is 48.8 Å². The fourth-order valence-electron chi connectivity index (χ4n) is 2.61. The summed E-state index contributed by atoms with van der Waals surface area (Å²) in [5.41, 5.74) is 3.54. The number of benzene rings is 1. The Balaban J connectivity index is 1.54. The molecule has 0 unspecified atom stereocenters. The van der Waals surface area contributed by atoms with E-state index in [1.807, 2.05) is 35.9 Å². The first kappa shape index (κ1) is 17.9. The molecule has 0 saturated carbocycles. The molecule has 6 heteroatoms. The Morgan fingerprint density at radius 1 is 1.15 bits per heavy atom. The highest BCUT2D eigenvalue weighted by Gasteiger charge is 2.06. The van der Waals surface area contributed by atoms with Crippen LogP contribution in [0.25, 0.3) is 5.65 Å². The van der Waals surface area contributed by atoms with Crippen LogP contribution in [0.1, 0.15) is 28.0 Å². The van der Waals surface area contributed by atoms with E-state index in [1.54, 1.807) is 31.4 Å². The van der Waals surface area contributed by atoms with Gasteiger partial charge in [-0.3, -0.25) is 4.79 Å². The molecule has 0 fully saturated rings. The number of aryl methyl sites for hydroxylation is 1. The highest BCUT2D eigenvalue weighted by molar-refractivity contribution is 5.94. The van der Waals surface area contributed by atoms with Crippen molar-refractivity contribution in [2.45, 2.75) is 20.0 Å². The molecule has 3 rings (SSSR count). The first-order chi connectivity index (χ1) is 12.7. The van der Waals surface area contributed by atoms with Crippen LogP contribution in [0.2, 0.25) is 0 Å². The molecule has 1 amide bonds. The van der Waals surface area contributed by atoms with Crippen molar-refractivity contribution in [3.05, 3.63) is 65.6 Å². The minimum Gasteiger partial charge on any atom is -0.487 e. The lowest BCUT2D eigenvalue weighted by Gasteiger charge is -2.07. The lowest BCUT2D eigenvalue weighted by Crippen LogP contribution is -2.25. The SMILES string of the molecule is COCCCNC(=O)c1ccc(OCc2cn3cc(C)ccc3n2)cc1. The summed E-state index contributed by atoms with van der Waals surface area (Å²) in [4.78, 5) is 16.5. The van der Waals surface area contributed by atoms with Crippen LogP contribution in [-0.2, 0) is 11.3 Å². The molecule has 26 heavy (non-hydrogen) atoms. The molecule has 0 bridgehead atoms. The van der Waals surface area contributed by atoms with Crippen molar-refractivity contribution in [1.29, 1.82) is 0 Å². The smallest absolute Gasteiger partial charge is 0.251 e. The van der Waals surface area contributed by atoms with Gasteiger partial charge in [0.25, 0.3) is 5.91 Å². The number of carbonyl (C=O) groups excluding carboxylic acids is 1. The fraction of sp³-hybridized carbons (Fsp3) is 0.300. The third-order valence-electron chi connectivity index (χ3n) is 3.96. The number of pyridine rings is 1. The highest BCUT2D eigenvalue weighted by atomic mass is 16.5. The predicted molar refractivity (Wildman–Crippen MR) is 99.5 cm³/mol. The summed E-state index contributed by atoms with van der Waals surface area (Å²) in [5, 5.41) is 2.86. The summed E-state index contributed by atoms with van der Waals surface area (Å²) >= 11 is 0. The van der Waals surface area contributed by atoms with Gasteiger partial charge in [0.05, 0.1) is 5.69 Å². The zero-order valence-corrected chi connectivity index (χ0v) is 15.1. The maximum atomic E-state index is 12.0. The zero-order valence-electron chi connectivity index (χ0n) is 15.1. The van der Waals surface area contributed by atoms with Crippen molar-refractivity contribution in [3.63, 3.8) is 0 Å². The maximum Gasteiger partial charge on any atom is 0.251 e. The lowest BCUT2D eigenvalue weighted by molar-refractivity contribution is 0.0948. The lowest BCUT2D eigenvalue weighted by atomic mass is 10.2. The molecule has 0 aliphatic rings. The summed E-state index contributed by atoms with van der Waals surface area (Å²) in [6.07, 6.45) is 4.79. The third kappa shape index (κ3) is 4.61. The summed E-state index contributed by atoms with van der Waals surface area (Å²) in [7, 11) is 1.65. The van der Waals surface area contributed by atoms with E-state index in [1.165, 1.54) is 5.56 Å². The third-order valence-corrected chi connectivity index (χ3v) is 3.96. The van der Waals surface area contributed by atoms with Crippen molar-refractivity contribution in [2.24, 2.45) is 0 Å². The number of fused-ring (bicyclic) bond motifs is 1. The first-order valence-electron chi connectivity index (χ1n) is 8.60. The summed E-state index contributed by atoms with van der Waals surface area (Å²) in [5.74, 6) is 0.609. The molecule has 0 saturated heterocycles. The van der Waals surface area contributed by atoms with Crippen LogP contribution in [0, 0.1) is 6.92 Å². The van der Waals surface area contributed by atoms with Gasteiger partial charge in [-0.2, -0.15) is 0 Å². The molecule has 0 atom stereocenters. The van der Waals surface area contributed by atoms with Crippen molar-refractivity contribution >= 4 is 11.6 Å². The van der Waals surface area contributed by atoms with E-state index in [0.717, 1.165) is 17.8 Å². The molecule has 6 nitrogen and oxygen atoms in total. The van der Waals surface area contributed by atoms with Gasteiger partial charge >= 0.3 is 0 Å². The van der Waals surface area contributed by atoms with E-state index in [-0.39, 0.29) is 5.91 Å². The van der Waals surface area contributed by atoms with Gasteiger partial charge in [0, 0.05) is 38.2 Å². The molecule has 1 N–H and O–H groups in total. The second-order valence-electron chi connectivity index (χ2n) is 6.12. The van der Waals surface area contributed by atoms with Crippen LogP contribution in [0.5, 0.6) is 5.75 Å². The first-order valence-corrected chi connectivity index (χ1v) is 8.60. The summed E-state index contributed by atoms with van der Waals surface area (Å²) in [6, 6.07) is 11.1. The molecule has 0 aliphatic carbocycles. The number of methoxy groups -OCH3 is 1. The largest absolute Gasteiger partial charge is 0.487 e. The Morgan fingerprint density at radius 2 is 1.96 bits per heavy atom. The van der Waals surface area contributed by atoms with Crippen molar-refractivity contribution in [2.75, 3.05) is 20.3 Å². The number of ether oxygens (including phenoxy) is 2. The zero-order chi connectivity index (χ0) is 18.4. The van der Waals surface area contributed by atoms with Gasteiger partial charge in [0.1, 0.15) is 18.0 Å². The average molecular weight is 353 g/mol. The van der Waals surface area contributed by atoms with Crippen molar-refractivity contribution in [1.82, 2.24) is 14.7 Å². The Morgan fingerprint density at radius 3 is 2.73 bits per heavy atom. The quantitative estimate of drug-likeness (QED) is 0.632. The van der Waals surface area contributed by atoms with Gasteiger partial charge in [-0.25, -0.2) is 4.98 Å². The molecule has 0 radical (unpaired) electrons. The number of hydrogen-bond donors (Lipinski definition) is 1. The second kappa shape index (κ2) is 8.49. The highest BCUT2D eigenvalue weighted by Crippen LogP contribution is 2.15. The van der Waals surface area contributed by atoms with E-state index >= 15 is 0 Å². The maximum absolute atomic E-state index is 12.0. The molecule has 3 aromatic rings. The number of amides is 1. The molecule has 2 aromatic heterocycles.